The first kappa shape index (κ1) is 6.78. The van der Waals surface area contributed by atoms with Gasteiger partial charge < -0.3 is 10.2 Å². The number of rotatable bonds is 1. The Morgan fingerprint density at radius 3 is 3.00 bits per heavy atom. The van der Waals surface area contributed by atoms with Gasteiger partial charge in [0, 0.05) is 25.7 Å². The molecule has 1 unspecified atom stereocenters. The third kappa shape index (κ3) is 1.80. The first-order chi connectivity index (χ1) is 4.33. The Morgan fingerprint density at radius 2 is 2.56 bits per heavy atom. The van der Waals surface area contributed by atoms with E-state index in [9.17, 15) is 0 Å². The number of nitrogens with zero attached hydrogens (tertiary/aromatic N) is 1. The van der Waals surface area contributed by atoms with Crippen molar-refractivity contribution >= 4 is 0 Å². The highest BCUT2D eigenvalue weighted by molar-refractivity contribution is 4.90. The fraction of sp³-hybridized carbons (Fsp3) is 0.714. The second kappa shape index (κ2) is 2.99. The second-order valence-electron chi connectivity index (χ2n) is 2.56. The standard InChI is InChI=1S/C7H14N2/c1-3-7-6-9(2)5-4-8-7/h3,7-8H,1,4-6H2,2H3. The molecule has 0 aromatic rings. The Labute approximate surface area is 56.5 Å². The lowest BCUT2D eigenvalue weighted by molar-refractivity contribution is 0.261. The van der Waals surface area contributed by atoms with Crippen LogP contribution in [0.2, 0.25) is 0 Å². The van der Waals surface area contributed by atoms with Crippen LogP contribution in [0.15, 0.2) is 12.7 Å². The summed E-state index contributed by atoms with van der Waals surface area (Å²) in [4.78, 5) is 2.31. The zero-order valence-electron chi connectivity index (χ0n) is 5.93. The van der Waals surface area contributed by atoms with Crippen molar-refractivity contribution in [3.63, 3.8) is 0 Å². The lowest BCUT2D eigenvalue weighted by Crippen LogP contribution is -2.47. The van der Waals surface area contributed by atoms with Crippen molar-refractivity contribution < 1.29 is 0 Å². The van der Waals surface area contributed by atoms with E-state index in [1.165, 1.54) is 0 Å². The molecule has 1 atom stereocenters. The summed E-state index contributed by atoms with van der Waals surface area (Å²) in [7, 11) is 2.14. The molecule has 1 saturated heterocycles. The Balaban J connectivity index is 2.31. The average molecular weight is 126 g/mol. The van der Waals surface area contributed by atoms with Crippen LogP contribution >= 0.6 is 0 Å². The number of hydrogen-bond donors (Lipinski definition) is 1. The summed E-state index contributed by atoms with van der Waals surface area (Å²) in [6.07, 6.45) is 1.97. The van der Waals surface area contributed by atoms with Crippen molar-refractivity contribution in [1.82, 2.24) is 10.2 Å². The maximum Gasteiger partial charge on any atom is 0.0376 e. The Kier molecular flexibility index (Phi) is 2.25. The second-order valence-corrected chi connectivity index (χ2v) is 2.56. The fourth-order valence-electron chi connectivity index (χ4n) is 1.09. The molecule has 0 saturated carbocycles. The Bertz CT molecular complexity index is 101. The molecule has 9 heavy (non-hydrogen) atoms. The minimum atomic E-state index is 0.503. The van der Waals surface area contributed by atoms with Crippen LogP contribution in [-0.2, 0) is 0 Å². The summed E-state index contributed by atoms with van der Waals surface area (Å²) in [5.74, 6) is 0. The van der Waals surface area contributed by atoms with Crippen LogP contribution in [0, 0.1) is 0 Å². The molecule has 1 rings (SSSR count). The zero-order chi connectivity index (χ0) is 6.69. The molecule has 1 aliphatic rings. The fourth-order valence-corrected chi connectivity index (χ4v) is 1.09. The van der Waals surface area contributed by atoms with E-state index < -0.39 is 0 Å². The first-order valence-electron chi connectivity index (χ1n) is 3.37. The van der Waals surface area contributed by atoms with Crippen molar-refractivity contribution in [1.29, 1.82) is 0 Å². The lowest BCUT2D eigenvalue weighted by Gasteiger charge is -2.28. The minimum Gasteiger partial charge on any atom is -0.308 e. The highest BCUT2D eigenvalue weighted by atomic mass is 15.2. The molecule has 0 bridgehead atoms. The van der Waals surface area contributed by atoms with Gasteiger partial charge in [0.2, 0.25) is 0 Å². The Morgan fingerprint density at radius 1 is 1.78 bits per heavy atom. The molecule has 0 spiro atoms. The van der Waals surface area contributed by atoms with Gasteiger partial charge in [0.25, 0.3) is 0 Å². The van der Waals surface area contributed by atoms with Crippen LogP contribution in [0.5, 0.6) is 0 Å². The smallest absolute Gasteiger partial charge is 0.0376 e. The molecular formula is C7H14N2. The van der Waals surface area contributed by atoms with Gasteiger partial charge in [-0.1, -0.05) is 6.08 Å². The zero-order valence-corrected chi connectivity index (χ0v) is 5.93. The van der Waals surface area contributed by atoms with Crippen molar-refractivity contribution in [2.45, 2.75) is 6.04 Å². The molecule has 2 heteroatoms. The molecule has 1 aliphatic heterocycles. The van der Waals surface area contributed by atoms with Gasteiger partial charge >= 0.3 is 0 Å². The monoisotopic (exact) mass is 126 g/mol. The molecule has 52 valence electrons. The number of likely N-dealkylation sites (N-methyl/N-ethyl adjacent to an activating group) is 1. The molecule has 1 fully saturated rings. The predicted octanol–water partition coefficient (Wildman–Crippen LogP) is 0.0760. The molecule has 0 radical (unpaired) electrons. The topological polar surface area (TPSA) is 15.3 Å². The number of piperazine rings is 1. The molecule has 0 aromatic carbocycles. The normalized spacial score (nSPS) is 30.1. The van der Waals surface area contributed by atoms with Crippen LogP contribution in [0.25, 0.3) is 0 Å². The van der Waals surface area contributed by atoms with E-state index in [-0.39, 0.29) is 0 Å². The van der Waals surface area contributed by atoms with Crippen molar-refractivity contribution in [3.8, 4) is 0 Å². The van der Waals surface area contributed by atoms with Gasteiger partial charge in [-0.05, 0) is 7.05 Å². The highest BCUT2D eigenvalue weighted by Gasteiger charge is 2.11. The summed E-state index contributed by atoms with van der Waals surface area (Å²) in [6, 6.07) is 0.503. The minimum absolute atomic E-state index is 0.503. The highest BCUT2D eigenvalue weighted by Crippen LogP contribution is 1.94. The summed E-state index contributed by atoms with van der Waals surface area (Å²) < 4.78 is 0. The summed E-state index contributed by atoms with van der Waals surface area (Å²) in [5.41, 5.74) is 0. The maximum absolute atomic E-state index is 3.73. The van der Waals surface area contributed by atoms with E-state index in [0.29, 0.717) is 6.04 Å². The van der Waals surface area contributed by atoms with Gasteiger partial charge in [-0.25, -0.2) is 0 Å². The summed E-state index contributed by atoms with van der Waals surface area (Å²) in [5, 5.41) is 3.34. The van der Waals surface area contributed by atoms with Gasteiger partial charge in [-0.2, -0.15) is 0 Å². The lowest BCUT2D eigenvalue weighted by atomic mass is 10.2. The third-order valence-electron chi connectivity index (χ3n) is 1.69. The quantitative estimate of drug-likeness (QED) is 0.500. The first-order valence-corrected chi connectivity index (χ1v) is 3.37. The average Bonchev–Trinajstić information content (AvgIpc) is 1.88. The van der Waals surface area contributed by atoms with Gasteiger partial charge in [0.15, 0.2) is 0 Å². The van der Waals surface area contributed by atoms with Crippen LogP contribution in [0.4, 0.5) is 0 Å². The number of nitrogens with one attached hydrogen (secondary N) is 1. The van der Waals surface area contributed by atoms with Crippen LogP contribution in [-0.4, -0.2) is 37.6 Å². The van der Waals surface area contributed by atoms with E-state index in [2.05, 4.69) is 23.8 Å². The largest absolute Gasteiger partial charge is 0.308 e. The molecule has 0 aliphatic carbocycles. The molecular weight excluding hydrogens is 112 g/mol. The molecule has 1 N–H and O–H groups in total. The van der Waals surface area contributed by atoms with Gasteiger partial charge in [0.1, 0.15) is 0 Å². The van der Waals surface area contributed by atoms with E-state index in [4.69, 9.17) is 0 Å². The summed E-state index contributed by atoms with van der Waals surface area (Å²) in [6.45, 7) is 7.08. The Hall–Kier alpha value is -0.340. The SMILES string of the molecule is C=CC1CN(C)CCN1. The van der Waals surface area contributed by atoms with Gasteiger partial charge in [0.05, 0.1) is 0 Å². The number of hydrogen-bond acceptors (Lipinski definition) is 2. The van der Waals surface area contributed by atoms with Crippen LogP contribution < -0.4 is 5.32 Å². The molecule has 0 amide bonds. The van der Waals surface area contributed by atoms with Crippen molar-refractivity contribution in [2.75, 3.05) is 26.7 Å². The molecule has 1 heterocycles. The van der Waals surface area contributed by atoms with Gasteiger partial charge in [-0.3, -0.25) is 0 Å². The van der Waals surface area contributed by atoms with Crippen LogP contribution in [0.1, 0.15) is 0 Å². The third-order valence-corrected chi connectivity index (χ3v) is 1.69. The van der Waals surface area contributed by atoms with E-state index in [0.717, 1.165) is 19.6 Å². The van der Waals surface area contributed by atoms with Crippen LogP contribution in [0.3, 0.4) is 0 Å². The van der Waals surface area contributed by atoms with Crippen molar-refractivity contribution in [3.05, 3.63) is 12.7 Å². The van der Waals surface area contributed by atoms with E-state index in [1.54, 1.807) is 0 Å². The van der Waals surface area contributed by atoms with Crippen molar-refractivity contribution in [2.24, 2.45) is 0 Å². The van der Waals surface area contributed by atoms with E-state index in [1.807, 2.05) is 6.08 Å². The maximum atomic E-state index is 3.73. The molecule has 2 nitrogen and oxygen atoms in total. The van der Waals surface area contributed by atoms with Gasteiger partial charge in [-0.15, -0.1) is 6.58 Å². The van der Waals surface area contributed by atoms with E-state index >= 15 is 0 Å². The summed E-state index contributed by atoms with van der Waals surface area (Å²) >= 11 is 0. The molecule has 0 aromatic heterocycles. The predicted molar refractivity (Wildman–Crippen MR) is 39.5 cm³/mol.